The molecule has 0 saturated carbocycles. The molecule has 0 aromatic heterocycles. The van der Waals surface area contributed by atoms with Crippen molar-refractivity contribution < 1.29 is 14.3 Å². The van der Waals surface area contributed by atoms with E-state index in [1.165, 1.54) is 0 Å². The highest BCUT2D eigenvalue weighted by Gasteiger charge is 2.16. The zero-order chi connectivity index (χ0) is 23.3. The molecule has 6 nitrogen and oxygen atoms in total. The Morgan fingerprint density at radius 3 is 2.12 bits per heavy atom. The van der Waals surface area contributed by atoms with Gasteiger partial charge in [-0.2, -0.15) is 0 Å². The normalized spacial score (nSPS) is 10.3. The summed E-state index contributed by atoms with van der Waals surface area (Å²) in [7, 11) is 0. The lowest BCUT2D eigenvalue weighted by Gasteiger charge is -2.24. The summed E-state index contributed by atoms with van der Waals surface area (Å²) in [5.74, 6) is 1.50. The molecule has 0 heterocycles. The molecule has 0 saturated heterocycles. The number of nitrogens with one attached hydrogen (secondary N) is 2. The zero-order valence-corrected chi connectivity index (χ0v) is 19.0. The first kappa shape index (κ1) is 23.9. The van der Waals surface area contributed by atoms with E-state index >= 15 is 0 Å². The van der Waals surface area contributed by atoms with Gasteiger partial charge < -0.3 is 15.4 Å². The van der Waals surface area contributed by atoms with Crippen LogP contribution in [-0.4, -0.2) is 25.0 Å². The van der Waals surface area contributed by atoms with E-state index in [1.807, 2.05) is 84.9 Å². The highest BCUT2D eigenvalue weighted by atomic mass is 16.5. The Morgan fingerprint density at radius 1 is 0.818 bits per heavy atom. The summed E-state index contributed by atoms with van der Waals surface area (Å²) < 4.78 is 5.86. The van der Waals surface area contributed by atoms with Crippen LogP contribution in [0.3, 0.4) is 0 Å². The van der Waals surface area contributed by atoms with Crippen LogP contribution in [0.5, 0.6) is 11.5 Å². The molecule has 0 fully saturated rings. The van der Waals surface area contributed by atoms with Crippen LogP contribution in [-0.2, 0) is 4.79 Å². The first-order chi connectivity index (χ1) is 16.2. The van der Waals surface area contributed by atoms with Crippen LogP contribution in [0.2, 0.25) is 0 Å². The Hall–Kier alpha value is -3.80. The van der Waals surface area contributed by atoms with E-state index in [0.717, 1.165) is 30.0 Å². The van der Waals surface area contributed by atoms with Gasteiger partial charge in [-0.15, -0.1) is 0 Å². The average Bonchev–Trinajstić information content (AvgIpc) is 2.84. The highest BCUT2D eigenvalue weighted by molar-refractivity contribution is 6.01. The second-order valence-corrected chi connectivity index (χ2v) is 7.66. The molecule has 0 atom stereocenters. The second-order valence-electron chi connectivity index (χ2n) is 7.66. The third-order valence-electron chi connectivity index (χ3n) is 5.04. The SMILES string of the molecule is CCCCC(=O)NCCCN(C(=O)Nc1ccccc1)c1ccc(Oc2ccccc2)cc1. The molecule has 0 aliphatic rings. The molecule has 0 spiro atoms. The molecular formula is C27H31N3O3. The van der Waals surface area contributed by atoms with E-state index in [4.69, 9.17) is 4.74 Å². The maximum Gasteiger partial charge on any atom is 0.326 e. The molecule has 0 bridgehead atoms. The summed E-state index contributed by atoms with van der Waals surface area (Å²) in [6.07, 6.45) is 3.06. The van der Waals surface area contributed by atoms with Crippen molar-refractivity contribution >= 4 is 23.3 Å². The first-order valence-electron chi connectivity index (χ1n) is 11.4. The molecule has 3 amide bonds. The van der Waals surface area contributed by atoms with E-state index in [9.17, 15) is 9.59 Å². The lowest BCUT2D eigenvalue weighted by molar-refractivity contribution is -0.121. The molecule has 0 aliphatic carbocycles. The molecule has 0 radical (unpaired) electrons. The predicted molar refractivity (Wildman–Crippen MR) is 133 cm³/mol. The van der Waals surface area contributed by atoms with Gasteiger partial charge in [0.25, 0.3) is 0 Å². The number of carbonyl (C=O) groups is 2. The maximum absolute atomic E-state index is 13.1. The number of nitrogens with zero attached hydrogens (tertiary/aromatic N) is 1. The van der Waals surface area contributed by atoms with Gasteiger partial charge in [0.1, 0.15) is 11.5 Å². The van der Waals surface area contributed by atoms with Gasteiger partial charge in [0.2, 0.25) is 5.91 Å². The quantitative estimate of drug-likeness (QED) is 0.345. The summed E-state index contributed by atoms with van der Waals surface area (Å²) in [4.78, 5) is 26.6. The number of anilines is 2. The Kier molecular flexibility index (Phi) is 9.33. The highest BCUT2D eigenvalue weighted by Crippen LogP contribution is 2.25. The number of hydrogen-bond donors (Lipinski definition) is 2. The number of carbonyl (C=O) groups excluding carboxylic acids is 2. The monoisotopic (exact) mass is 445 g/mol. The lowest BCUT2D eigenvalue weighted by Crippen LogP contribution is -2.37. The van der Waals surface area contributed by atoms with Crippen molar-refractivity contribution in [1.82, 2.24) is 5.32 Å². The predicted octanol–water partition coefficient (Wildman–Crippen LogP) is 6.21. The van der Waals surface area contributed by atoms with Crippen molar-refractivity contribution in [3.05, 3.63) is 84.9 Å². The van der Waals surface area contributed by atoms with Gasteiger partial charge >= 0.3 is 6.03 Å². The largest absolute Gasteiger partial charge is 0.457 e. The summed E-state index contributed by atoms with van der Waals surface area (Å²) in [6, 6.07) is 26.1. The topological polar surface area (TPSA) is 70.7 Å². The molecule has 3 rings (SSSR count). The van der Waals surface area contributed by atoms with Crippen molar-refractivity contribution in [2.24, 2.45) is 0 Å². The van der Waals surface area contributed by atoms with Crippen LogP contribution in [0, 0.1) is 0 Å². The number of urea groups is 1. The van der Waals surface area contributed by atoms with Gasteiger partial charge in [-0.05, 0) is 61.4 Å². The minimum Gasteiger partial charge on any atom is -0.457 e. The van der Waals surface area contributed by atoms with Gasteiger partial charge in [-0.25, -0.2) is 4.79 Å². The van der Waals surface area contributed by atoms with Crippen molar-refractivity contribution in [1.29, 1.82) is 0 Å². The second kappa shape index (κ2) is 12.9. The van der Waals surface area contributed by atoms with E-state index < -0.39 is 0 Å². The fourth-order valence-corrected chi connectivity index (χ4v) is 3.27. The number of hydrogen-bond acceptors (Lipinski definition) is 3. The summed E-state index contributed by atoms with van der Waals surface area (Å²) in [5.41, 5.74) is 1.48. The van der Waals surface area contributed by atoms with Crippen LogP contribution in [0.15, 0.2) is 84.9 Å². The van der Waals surface area contributed by atoms with E-state index in [2.05, 4.69) is 17.6 Å². The number of ether oxygens (including phenoxy) is 1. The lowest BCUT2D eigenvalue weighted by atomic mass is 10.2. The maximum atomic E-state index is 13.1. The van der Waals surface area contributed by atoms with Crippen LogP contribution < -0.4 is 20.3 Å². The van der Waals surface area contributed by atoms with Gasteiger partial charge in [0.05, 0.1) is 0 Å². The molecule has 3 aromatic carbocycles. The van der Waals surface area contributed by atoms with Gasteiger partial charge in [-0.1, -0.05) is 49.7 Å². The van der Waals surface area contributed by atoms with Crippen molar-refractivity contribution in [3.63, 3.8) is 0 Å². The Balaban J connectivity index is 1.65. The Bertz CT molecular complexity index is 992. The van der Waals surface area contributed by atoms with Gasteiger partial charge in [-0.3, -0.25) is 9.69 Å². The standard InChI is InChI=1S/C27H31N3O3/c1-2-3-15-26(31)28-20-10-21-30(27(32)29-22-11-6-4-7-12-22)23-16-18-25(19-17-23)33-24-13-8-5-9-14-24/h4-9,11-14,16-19H,2-3,10,15,20-21H2,1H3,(H,28,31)(H,29,32). The van der Waals surface area contributed by atoms with Crippen molar-refractivity contribution in [2.75, 3.05) is 23.3 Å². The molecular weight excluding hydrogens is 414 g/mol. The van der Waals surface area contributed by atoms with E-state index in [0.29, 0.717) is 31.7 Å². The Labute approximate surface area is 195 Å². The van der Waals surface area contributed by atoms with Crippen LogP contribution in [0.25, 0.3) is 0 Å². The van der Waals surface area contributed by atoms with Crippen molar-refractivity contribution in [3.8, 4) is 11.5 Å². The molecule has 0 aliphatic heterocycles. The van der Waals surface area contributed by atoms with Crippen LogP contribution in [0.1, 0.15) is 32.6 Å². The minimum atomic E-state index is -0.227. The minimum absolute atomic E-state index is 0.0551. The summed E-state index contributed by atoms with van der Waals surface area (Å²) in [6.45, 7) is 3.05. The number of para-hydroxylation sites is 2. The van der Waals surface area contributed by atoms with Gasteiger partial charge in [0.15, 0.2) is 0 Å². The van der Waals surface area contributed by atoms with E-state index in [-0.39, 0.29) is 11.9 Å². The third-order valence-corrected chi connectivity index (χ3v) is 5.04. The molecule has 172 valence electrons. The molecule has 6 heteroatoms. The fraction of sp³-hybridized carbons (Fsp3) is 0.259. The number of benzene rings is 3. The average molecular weight is 446 g/mol. The van der Waals surface area contributed by atoms with Crippen molar-refractivity contribution in [2.45, 2.75) is 32.6 Å². The fourth-order valence-electron chi connectivity index (χ4n) is 3.27. The summed E-state index contributed by atoms with van der Waals surface area (Å²) in [5, 5.41) is 5.87. The van der Waals surface area contributed by atoms with Crippen LogP contribution >= 0.6 is 0 Å². The van der Waals surface area contributed by atoms with E-state index in [1.54, 1.807) is 4.90 Å². The third kappa shape index (κ3) is 8.00. The smallest absolute Gasteiger partial charge is 0.326 e. The van der Waals surface area contributed by atoms with Gasteiger partial charge in [0, 0.05) is 30.9 Å². The zero-order valence-electron chi connectivity index (χ0n) is 19.0. The number of rotatable bonds is 11. The first-order valence-corrected chi connectivity index (χ1v) is 11.4. The molecule has 0 unspecified atom stereocenters. The Morgan fingerprint density at radius 2 is 1.45 bits per heavy atom. The van der Waals surface area contributed by atoms with Crippen LogP contribution in [0.4, 0.5) is 16.2 Å². The molecule has 2 N–H and O–H groups in total. The summed E-state index contributed by atoms with van der Waals surface area (Å²) >= 11 is 0. The molecule has 3 aromatic rings. The number of amides is 3. The molecule has 33 heavy (non-hydrogen) atoms. The number of unbranched alkanes of at least 4 members (excludes halogenated alkanes) is 1.